The van der Waals surface area contributed by atoms with Crippen molar-refractivity contribution < 1.29 is 12.6 Å². The Morgan fingerprint density at radius 3 is 2.29 bits per heavy atom. The van der Waals surface area contributed by atoms with E-state index in [-0.39, 0.29) is 29.6 Å². The Kier molecular flexibility index (Phi) is 6.31. The second-order valence-electron chi connectivity index (χ2n) is 2.37. The Hall–Kier alpha value is -0.130. The Morgan fingerprint density at radius 1 is 1.21 bits per heavy atom. The molecule has 3 nitrogen and oxygen atoms in total. The molecule has 0 aliphatic heterocycles. The quantitative estimate of drug-likeness (QED) is 0.565. The van der Waals surface area contributed by atoms with Gasteiger partial charge in [-0.1, -0.05) is 30.3 Å². The van der Waals surface area contributed by atoms with Crippen LogP contribution in [-0.2, 0) is 14.3 Å². The van der Waals surface area contributed by atoms with Crippen LogP contribution in [0.1, 0.15) is 5.56 Å². The Labute approximate surface area is 106 Å². The molecule has 5 heteroatoms. The van der Waals surface area contributed by atoms with E-state index in [1.165, 1.54) is 6.08 Å². The summed E-state index contributed by atoms with van der Waals surface area (Å²) in [6.07, 6.45) is 1.48. The van der Waals surface area contributed by atoms with Crippen LogP contribution in [0.25, 0.3) is 6.08 Å². The number of rotatable bonds is 3. The van der Waals surface area contributed by atoms with Crippen molar-refractivity contribution in [2.75, 3.05) is 7.11 Å². The van der Waals surface area contributed by atoms with E-state index in [0.29, 0.717) is 0 Å². The number of hydrogen-bond donors (Lipinski definition) is 0. The molecule has 0 spiro atoms. The van der Waals surface area contributed by atoms with Crippen LogP contribution in [0.15, 0.2) is 35.7 Å². The Balaban J connectivity index is 0.00000169. The van der Waals surface area contributed by atoms with Crippen LogP contribution in [0.5, 0.6) is 0 Å². The molecule has 0 aromatic heterocycles. The monoisotopic (exact) mass is 222 g/mol. The fourth-order valence-corrected chi connectivity index (χ4v) is 1.22. The van der Waals surface area contributed by atoms with Crippen molar-refractivity contribution >= 4 is 45.8 Å². The zero-order valence-corrected chi connectivity index (χ0v) is 7.99. The van der Waals surface area contributed by atoms with Crippen LogP contribution in [0.4, 0.5) is 0 Å². The molecule has 14 heavy (non-hydrogen) atoms. The van der Waals surface area contributed by atoms with E-state index in [0.717, 1.165) is 18.1 Å². The predicted molar refractivity (Wildman–Crippen MR) is 58.6 cm³/mol. The summed E-state index contributed by atoms with van der Waals surface area (Å²) < 4.78 is 26.0. The Bertz CT molecular complexity index is 384. The van der Waals surface area contributed by atoms with Crippen LogP contribution < -0.4 is 0 Å². The summed E-state index contributed by atoms with van der Waals surface area (Å²) in [5, 5.41) is 1.03. The van der Waals surface area contributed by atoms with Gasteiger partial charge in [0.15, 0.2) is 0 Å². The fourth-order valence-electron chi connectivity index (χ4n) is 0.782. The molecule has 0 fully saturated rings. The van der Waals surface area contributed by atoms with Crippen LogP contribution >= 0.6 is 0 Å². The maximum atomic E-state index is 10.9. The molecule has 1 aromatic carbocycles. The number of benzene rings is 1. The van der Waals surface area contributed by atoms with E-state index >= 15 is 0 Å². The summed E-state index contributed by atoms with van der Waals surface area (Å²) in [6.45, 7) is 0. The third-order valence-electron chi connectivity index (χ3n) is 1.46. The average molecular weight is 222 g/mol. The maximum absolute atomic E-state index is 10.9. The second-order valence-corrected chi connectivity index (χ2v) is 3.96. The molecular weight excluding hydrogens is 211 g/mol. The van der Waals surface area contributed by atoms with Crippen molar-refractivity contribution in [2.24, 2.45) is 0 Å². The summed E-state index contributed by atoms with van der Waals surface area (Å²) in [5.74, 6) is 0. The van der Waals surface area contributed by atoms with Gasteiger partial charge in [0.25, 0.3) is 10.1 Å². The van der Waals surface area contributed by atoms with Crippen molar-refractivity contribution in [1.82, 2.24) is 0 Å². The summed E-state index contributed by atoms with van der Waals surface area (Å²) >= 11 is 0. The van der Waals surface area contributed by atoms with Gasteiger partial charge < -0.3 is 0 Å². The molecule has 0 N–H and O–H groups in total. The van der Waals surface area contributed by atoms with Gasteiger partial charge in [-0.15, -0.1) is 0 Å². The first kappa shape index (κ1) is 13.9. The third kappa shape index (κ3) is 4.93. The molecule has 0 unspecified atom stereocenters. The summed E-state index contributed by atoms with van der Waals surface area (Å²) in [4.78, 5) is 0. The van der Waals surface area contributed by atoms with Crippen LogP contribution in [0.3, 0.4) is 0 Å². The topological polar surface area (TPSA) is 43.4 Å². The van der Waals surface area contributed by atoms with Gasteiger partial charge in [-0.05, 0) is 11.6 Å². The van der Waals surface area contributed by atoms with E-state index in [1.54, 1.807) is 0 Å². The molecule has 1 rings (SSSR count). The first-order valence-electron chi connectivity index (χ1n) is 3.68. The van der Waals surface area contributed by atoms with Crippen molar-refractivity contribution in [2.45, 2.75) is 0 Å². The van der Waals surface area contributed by atoms with Gasteiger partial charge in [-0.2, -0.15) is 8.42 Å². The van der Waals surface area contributed by atoms with Gasteiger partial charge in [0.2, 0.25) is 0 Å². The minimum atomic E-state index is -3.50. The molecule has 0 atom stereocenters. The standard InChI is InChI=1S/C9H10O3S.Na.H/c1-12-13(10,11)8-7-9-5-3-2-4-6-9;;/h2-8H,1H3;;. The predicted octanol–water partition coefficient (Wildman–Crippen LogP) is 0.985. The molecule has 0 heterocycles. The molecule has 0 radical (unpaired) electrons. The van der Waals surface area contributed by atoms with E-state index in [1.807, 2.05) is 30.3 Å². The van der Waals surface area contributed by atoms with Gasteiger partial charge in [0.05, 0.1) is 12.5 Å². The van der Waals surface area contributed by atoms with E-state index in [9.17, 15) is 8.42 Å². The van der Waals surface area contributed by atoms with Gasteiger partial charge in [-0.3, -0.25) is 4.18 Å². The zero-order valence-electron chi connectivity index (χ0n) is 7.17. The molecule has 0 saturated heterocycles. The third-order valence-corrected chi connectivity index (χ3v) is 2.39. The molecule has 0 aliphatic rings. The van der Waals surface area contributed by atoms with Gasteiger partial charge in [0.1, 0.15) is 0 Å². The van der Waals surface area contributed by atoms with Gasteiger partial charge in [-0.25, -0.2) is 0 Å². The molecule has 72 valence electrons. The molecule has 0 amide bonds. The first-order valence-corrected chi connectivity index (χ1v) is 5.15. The Morgan fingerprint density at radius 2 is 1.79 bits per heavy atom. The van der Waals surface area contributed by atoms with Crippen molar-refractivity contribution in [1.29, 1.82) is 0 Å². The van der Waals surface area contributed by atoms with Gasteiger partial charge in [0, 0.05) is 0 Å². The molecule has 0 aliphatic carbocycles. The van der Waals surface area contributed by atoms with E-state index in [4.69, 9.17) is 0 Å². The normalized spacial score (nSPS) is 11.2. The van der Waals surface area contributed by atoms with E-state index < -0.39 is 10.1 Å². The second kappa shape index (κ2) is 6.37. The zero-order chi connectivity index (χ0) is 9.73. The molecule has 0 bridgehead atoms. The first-order chi connectivity index (χ1) is 6.14. The van der Waals surface area contributed by atoms with Crippen LogP contribution in [0, 0.1) is 0 Å². The van der Waals surface area contributed by atoms with Crippen LogP contribution in [0.2, 0.25) is 0 Å². The van der Waals surface area contributed by atoms with Crippen molar-refractivity contribution in [3.63, 3.8) is 0 Å². The molecule has 0 saturated carbocycles. The van der Waals surface area contributed by atoms with Crippen molar-refractivity contribution in [3.05, 3.63) is 41.3 Å². The summed E-state index contributed by atoms with van der Waals surface area (Å²) in [7, 11) is -2.37. The van der Waals surface area contributed by atoms with Crippen LogP contribution in [-0.4, -0.2) is 45.1 Å². The van der Waals surface area contributed by atoms with Crippen molar-refractivity contribution in [3.8, 4) is 0 Å². The van der Waals surface area contributed by atoms with Gasteiger partial charge >= 0.3 is 29.6 Å². The fraction of sp³-hybridized carbons (Fsp3) is 0.111. The minimum absolute atomic E-state index is 0. The molecular formula is C9H11NaO3S. The van der Waals surface area contributed by atoms with E-state index in [2.05, 4.69) is 4.18 Å². The molecule has 1 aromatic rings. The summed E-state index contributed by atoms with van der Waals surface area (Å²) in [5.41, 5.74) is 0.822. The average Bonchev–Trinajstić information content (AvgIpc) is 2.17. The summed E-state index contributed by atoms with van der Waals surface area (Å²) in [6, 6.07) is 9.14. The SMILES string of the molecule is COS(=O)(=O)C=Cc1ccccc1.[NaH]. The number of hydrogen-bond acceptors (Lipinski definition) is 3.